The second-order valence-corrected chi connectivity index (χ2v) is 5.03. The Hall–Kier alpha value is -1.03. The first-order valence-electron chi connectivity index (χ1n) is 5.45. The molecule has 0 aliphatic carbocycles. The van der Waals surface area contributed by atoms with E-state index in [0.717, 1.165) is 23.5 Å². The Balaban J connectivity index is 1.92. The highest BCUT2D eigenvalue weighted by Crippen LogP contribution is 2.16. The summed E-state index contributed by atoms with van der Waals surface area (Å²) in [5.41, 5.74) is 2.53. The van der Waals surface area contributed by atoms with Crippen molar-refractivity contribution in [3.63, 3.8) is 0 Å². The molecule has 1 aromatic rings. The Labute approximate surface area is 104 Å². The van der Waals surface area contributed by atoms with Gasteiger partial charge in [-0.1, -0.05) is 28.1 Å². The minimum absolute atomic E-state index is 0.453. The van der Waals surface area contributed by atoms with Crippen LogP contribution >= 0.6 is 15.9 Å². The Bertz CT molecular complexity index is 415. The summed E-state index contributed by atoms with van der Waals surface area (Å²) in [6, 6.07) is 6.83. The molecule has 1 aromatic carbocycles. The van der Waals surface area contributed by atoms with Gasteiger partial charge < -0.3 is 10.6 Å². The molecule has 0 fully saturated rings. The molecule has 0 radical (unpaired) electrons. The molecular formula is C12H16BrN3. The molecule has 1 aliphatic heterocycles. The third-order valence-corrected chi connectivity index (χ3v) is 3.48. The predicted octanol–water partition coefficient (Wildman–Crippen LogP) is 2.19. The van der Waals surface area contributed by atoms with Crippen LogP contribution in [0.5, 0.6) is 0 Å². The molecule has 3 nitrogen and oxygen atoms in total. The van der Waals surface area contributed by atoms with Gasteiger partial charge in [0, 0.05) is 17.1 Å². The van der Waals surface area contributed by atoms with Crippen molar-refractivity contribution in [2.24, 2.45) is 4.99 Å². The van der Waals surface area contributed by atoms with Gasteiger partial charge in [-0.3, -0.25) is 4.99 Å². The number of nitrogens with one attached hydrogen (secondary N) is 2. The van der Waals surface area contributed by atoms with Gasteiger partial charge in [-0.15, -0.1) is 0 Å². The molecule has 1 atom stereocenters. The highest BCUT2D eigenvalue weighted by molar-refractivity contribution is 9.10. The second kappa shape index (κ2) is 4.87. The van der Waals surface area contributed by atoms with E-state index in [-0.39, 0.29) is 0 Å². The first-order chi connectivity index (χ1) is 7.65. The monoisotopic (exact) mass is 281 g/mol. The zero-order chi connectivity index (χ0) is 11.5. The largest absolute Gasteiger partial charge is 0.352 e. The number of hydrogen-bond acceptors (Lipinski definition) is 3. The molecule has 1 heterocycles. The lowest BCUT2D eigenvalue weighted by Gasteiger charge is -2.09. The van der Waals surface area contributed by atoms with Crippen LogP contribution in [0.15, 0.2) is 27.7 Å². The highest BCUT2D eigenvalue weighted by Gasteiger charge is 2.11. The van der Waals surface area contributed by atoms with Crippen molar-refractivity contribution in [2.75, 3.05) is 6.54 Å². The summed E-state index contributed by atoms with van der Waals surface area (Å²) < 4.78 is 1.15. The van der Waals surface area contributed by atoms with Crippen LogP contribution in [-0.2, 0) is 6.54 Å². The van der Waals surface area contributed by atoms with Crippen molar-refractivity contribution in [3.8, 4) is 0 Å². The van der Waals surface area contributed by atoms with E-state index < -0.39 is 0 Å². The molecule has 2 N–H and O–H groups in total. The summed E-state index contributed by atoms with van der Waals surface area (Å²) in [5, 5.41) is 6.58. The smallest absolute Gasteiger partial charge is 0.191 e. The zero-order valence-electron chi connectivity index (χ0n) is 9.55. The average molecular weight is 282 g/mol. The second-order valence-electron chi connectivity index (χ2n) is 4.17. The fourth-order valence-electron chi connectivity index (χ4n) is 1.66. The lowest BCUT2D eigenvalue weighted by Crippen LogP contribution is -2.37. The maximum Gasteiger partial charge on any atom is 0.191 e. The van der Waals surface area contributed by atoms with Crippen LogP contribution in [0.2, 0.25) is 0 Å². The highest BCUT2D eigenvalue weighted by atomic mass is 79.9. The van der Waals surface area contributed by atoms with Crippen molar-refractivity contribution >= 4 is 21.9 Å². The average Bonchev–Trinajstić information content (AvgIpc) is 2.66. The summed E-state index contributed by atoms with van der Waals surface area (Å²) in [4.78, 5) is 4.36. The number of aliphatic imine (C=N–C) groups is 1. The molecule has 1 unspecified atom stereocenters. The van der Waals surface area contributed by atoms with Crippen LogP contribution in [0, 0.1) is 6.92 Å². The Morgan fingerprint density at radius 1 is 1.56 bits per heavy atom. The van der Waals surface area contributed by atoms with Crippen molar-refractivity contribution in [2.45, 2.75) is 26.4 Å². The van der Waals surface area contributed by atoms with Crippen molar-refractivity contribution in [3.05, 3.63) is 33.8 Å². The van der Waals surface area contributed by atoms with E-state index in [1.807, 2.05) is 0 Å². The molecule has 0 spiro atoms. The molecule has 0 saturated carbocycles. The number of nitrogens with zero attached hydrogens (tertiary/aromatic N) is 1. The molecular weight excluding hydrogens is 266 g/mol. The van der Waals surface area contributed by atoms with Crippen LogP contribution in [0.4, 0.5) is 0 Å². The molecule has 0 amide bonds. The number of guanidine groups is 1. The fourth-order valence-corrected chi connectivity index (χ4v) is 1.91. The minimum Gasteiger partial charge on any atom is -0.352 e. The van der Waals surface area contributed by atoms with Gasteiger partial charge in [0.2, 0.25) is 0 Å². The van der Waals surface area contributed by atoms with Gasteiger partial charge in [0.25, 0.3) is 0 Å². The van der Waals surface area contributed by atoms with Crippen molar-refractivity contribution in [1.82, 2.24) is 10.6 Å². The summed E-state index contributed by atoms with van der Waals surface area (Å²) in [6.45, 7) is 5.90. The molecule has 4 heteroatoms. The molecule has 16 heavy (non-hydrogen) atoms. The van der Waals surface area contributed by atoms with Crippen LogP contribution < -0.4 is 10.6 Å². The van der Waals surface area contributed by atoms with Crippen LogP contribution in [0.25, 0.3) is 0 Å². The summed E-state index contributed by atoms with van der Waals surface area (Å²) in [5.74, 6) is 0.910. The van der Waals surface area contributed by atoms with Gasteiger partial charge in [0.1, 0.15) is 0 Å². The Morgan fingerprint density at radius 3 is 3.00 bits per heavy atom. The molecule has 86 valence electrons. The van der Waals surface area contributed by atoms with E-state index >= 15 is 0 Å². The van der Waals surface area contributed by atoms with E-state index in [0.29, 0.717) is 6.04 Å². The number of benzene rings is 1. The van der Waals surface area contributed by atoms with E-state index in [1.165, 1.54) is 11.1 Å². The van der Waals surface area contributed by atoms with E-state index in [9.17, 15) is 0 Å². The van der Waals surface area contributed by atoms with Gasteiger partial charge in [0.15, 0.2) is 5.96 Å². The fraction of sp³-hybridized carbons (Fsp3) is 0.417. The van der Waals surface area contributed by atoms with Gasteiger partial charge in [0.05, 0.1) is 6.54 Å². The zero-order valence-corrected chi connectivity index (χ0v) is 11.1. The quantitative estimate of drug-likeness (QED) is 0.872. The van der Waals surface area contributed by atoms with Crippen LogP contribution in [0.3, 0.4) is 0 Å². The molecule has 0 saturated heterocycles. The molecule has 0 aromatic heterocycles. The first kappa shape index (κ1) is 11.5. The van der Waals surface area contributed by atoms with Crippen molar-refractivity contribution in [1.29, 1.82) is 0 Å². The third-order valence-electron chi connectivity index (χ3n) is 2.59. The number of hydrogen-bond donors (Lipinski definition) is 2. The topological polar surface area (TPSA) is 36.4 Å². The van der Waals surface area contributed by atoms with Gasteiger partial charge in [-0.25, -0.2) is 0 Å². The lowest BCUT2D eigenvalue weighted by molar-refractivity contribution is 0.713. The summed E-state index contributed by atoms with van der Waals surface area (Å²) in [7, 11) is 0. The number of aryl methyl sites for hydroxylation is 1. The minimum atomic E-state index is 0.453. The maximum absolute atomic E-state index is 4.36. The summed E-state index contributed by atoms with van der Waals surface area (Å²) in [6.07, 6.45) is 0. The van der Waals surface area contributed by atoms with Crippen LogP contribution in [0.1, 0.15) is 18.1 Å². The molecule has 2 rings (SSSR count). The normalized spacial score (nSPS) is 19.2. The van der Waals surface area contributed by atoms with E-state index in [4.69, 9.17) is 0 Å². The SMILES string of the molecule is Cc1cc(CNC2=NCC(C)N2)ccc1Br. The predicted molar refractivity (Wildman–Crippen MR) is 70.6 cm³/mol. The standard InChI is InChI=1S/C12H16BrN3/c1-8-5-10(3-4-11(8)13)7-15-12-14-6-9(2)16-12/h3-5,9H,6-7H2,1-2H3,(H2,14,15,16). The Morgan fingerprint density at radius 2 is 2.38 bits per heavy atom. The van der Waals surface area contributed by atoms with E-state index in [1.54, 1.807) is 0 Å². The molecule has 1 aliphatic rings. The summed E-state index contributed by atoms with van der Waals surface area (Å²) >= 11 is 3.50. The van der Waals surface area contributed by atoms with Gasteiger partial charge in [-0.2, -0.15) is 0 Å². The number of rotatable bonds is 2. The maximum atomic E-state index is 4.36. The third kappa shape index (κ3) is 2.76. The van der Waals surface area contributed by atoms with Crippen LogP contribution in [-0.4, -0.2) is 18.5 Å². The Kier molecular flexibility index (Phi) is 3.49. The van der Waals surface area contributed by atoms with E-state index in [2.05, 4.69) is 63.6 Å². The van der Waals surface area contributed by atoms with Gasteiger partial charge in [-0.05, 0) is 31.0 Å². The lowest BCUT2D eigenvalue weighted by atomic mass is 10.1. The molecule has 0 bridgehead atoms. The first-order valence-corrected chi connectivity index (χ1v) is 6.24. The van der Waals surface area contributed by atoms with Gasteiger partial charge >= 0.3 is 0 Å². The van der Waals surface area contributed by atoms with Crippen molar-refractivity contribution < 1.29 is 0 Å². The number of halogens is 1.